The lowest BCUT2D eigenvalue weighted by molar-refractivity contribution is 0.0885. The van der Waals surface area contributed by atoms with Gasteiger partial charge in [-0.2, -0.15) is 0 Å². The Morgan fingerprint density at radius 3 is 2.60 bits per heavy atom. The van der Waals surface area contributed by atoms with Crippen molar-refractivity contribution in [1.29, 1.82) is 0 Å². The Labute approximate surface area is 125 Å². The topological polar surface area (TPSA) is 24.5 Å². The zero-order valence-electron chi connectivity index (χ0n) is 13.8. The standard InChI is InChI=1S/C17H34N2O/c1-4-19(16-7-5-6-8-16)13-17(9-10-20-14-17)12-18-11-15(2)3/h15-16,18H,4-14H2,1-3H3. The minimum absolute atomic E-state index is 0.355. The second kappa shape index (κ2) is 7.77. The third-order valence-corrected chi connectivity index (χ3v) is 5.02. The molecule has 1 N–H and O–H groups in total. The average Bonchev–Trinajstić information content (AvgIpc) is 3.07. The maximum atomic E-state index is 5.76. The van der Waals surface area contributed by atoms with Gasteiger partial charge in [0.2, 0.25) is 0 Å². The van der Waals surface area contributed by atoms with E-state index in [9.17, 15) is 0 Å². The van der Waals surface area contributed by atoms with Gasteiger partial charge >= 0.3 is 0 Å². The summed E-state index contributed by atoms with van der Waals surface area (Å²) >= 11 is 0. The van der Waals surface area contributed by atoms with Crippen LogP contribution >= 0.6 is 0 Å². The van der Waals surface area contributed by atoms with E-state index in [2.05, 4.69) is 31.0 Å². The van der Waals surface area contributed by atoms with Crippen LogP contribution in [0.3, 0.4) is 0 Å². The summed E-state index contributed by atoms with van der Waals surface area (Å²) < 4.78 is 5.76. The molecule has 20 heavy (non-hydrogen) atoms. The smallest absolute Gasteiger partial charge is 0.0547 e. The Kier molecular flexibility index (Phi) is 6.31. The van der Waals surface area contributed by atoms with Crippen LogP contribution in [0, 0.1) is 11.3 Å². The van der Waals surface area contributed by atoms with Crippen molar-refractivity contribution in [2.45, 2.75) is 58.9 Å². The van der Waals surface area contributed by atoms with Crippen molar-refractivity contribution in [2.75, 3.05) is 39.4 Å². The van der Waals surface area contributed by atoms with Gasteiger partial charge in [-0.15, -0.1) is 0 Å². The van der Waals surface area contributed by atoms with E-state index in [1.165, 1.54) is 45.2 Å². The van der Waals surface area contributed by atoms with Crippen LogP contribution in [0.1, 0.15) is 52.9 Å². The van der Waals surface area contributed by atoms with E-state index < -0.39 is 0 Å². The molecule has 0 aromatic carbocycles. The fourth-order valence-electron chi connectivity index (χ4n) is 3.79. The summed E-state index contributed by atoms with van der Waals surface area (Å²) in [6.45, 7) is 13.4. The monoisotopic (exact) mass is 282 g/mol. The van der Waals surface area contributed by atoms with Gasteiger partial charge in [0.15, 0.2) is 0 Å². The molecule has 2 fully saturated rings. The molecule has 1 aliphatic carbocycles. The van der Waals surface area contributed by atoms with E-state index in [1.807, 2.05) is 0 Å². The average molecular weight is 282 g/mol. The third-order valence-electron chi connectivity index (χ3n) is 5.02. The van der Waals surface area contributed by atoms with Gasteiger partial charge in [-0.3, -0.25) is 4.90 Å². The number of nitrogens with zero attached hydrogens (tertiary/aromatic N) is 1. The summed E-state index contributed by atoms with van der Waals surface area (Å²) in [4.78, 5) is 2.73. The molecule has 3 heteroatoms. The molecule has 2 rings (SSSR count). The lowest BCUT2D eigenvalue weighted by atomic mass is 9.85. The summed E-state index contributed by atoms with van der Waals surface area (Å²) in [5.74, 6) is 0.728. The molecule has 1 saturated carbocycles. The fraction of sp³-hybridized carbons (Fsp3) is 1.00. The van der Waals surface area contributed by atoms with Crippen LogP contribution in [0.2, 0.25) is 0 Å². The van der Waals surface area contributed by atoms with Crippen molar-refractivity contribution >= 4 is 0 Å². The van der Waals surface area contributed by atoms with Crippen LogP contribution < -0.4 is 5.32 Å². The molecular formula is C17H34N2O. The molecule has 3 nitrogen and oxygen atoms in total. The molecule has 1 atom stereocenters. The normalized spacial score (nSPS) is 28.1. The number of rotatable bonds is 8. The molecule has 2 aliphatic rings. The van der Waals surface area contributed by atoms with Crippen LogP contribution in [0.15, 0.2) is 0 Å². The highest BCUT2D eigenvalue weighted by Crippen LogP contribution is 2.32. The molecule has 0 radical (unpaired) electrons. The number of hydrogen-bond acceptors (Lipinski definition) is 3. The summed E-state index contributed by atoms with van der Waals surface area (Å²) in [6.07, 6.45) is 6.89. The highest BCUT2D eigenvalue weighted by atomic mass is 16.5. The molecule has 1 unspecified atom stereocenters. The molecule has 0 bridgehead atoms. The van der Waals surface area contributed by atoms with E-state index >= 15 is 0 Å². The highest BCUT2D eigenvalue weighted by molar-refractivity contribution is 4.91. The lowest BCUT2D eigenvalue weighted by Crippen LogP contribution is -2.48. The van der Waals surface area contributed by atoms with E-state index in [4.69, 9.17) is 4.74 Å². The molecule has 0 spiro atoms. The minimum atomic E-state index is 0.355. The van der Waals surface area contributed by atoms with E-state index in [-0.39, 0.29) is 0 Å². The lowest BCUT2D eigenvalue weighted by Gasteiger charge is -2.37. The Bertz CT molecular complexity index is 268. The summed E-state index contributed by atoms with van der Waals surface area (Å²) in [6, 6.07) is 0.836. The summed E-state index contributed by atoms with van der Waals surface area (Å²) in [7, 11) is 0. The zero-order chi connectivity index (χ0) is 14.4. The van der Waals surface area contributed by atoms with Crippen molar-refractivity contribution in [3.63, 3.8) is 0 Å². The summed E-state index contributed by atoms with van der Waals surface area (Å²) in [5.41, 5.74) is 0.355. The number of ether oxygens (including phenoxy) is 1. The fourth-order valence-corrected chi connectivity index (χ4v) is 3.79. The molecule has 1 saturated heterocycles. The SMILES string of the molecule is CCN(CC1(CNCC(C)C)CCOC1)C1CCCC1. The second-order valence-electron chi connectivity index (χ2n) is 7.33. The van der Waals surface area contributed by atoms with Crippen LogP contribution in [0.5, 0.6) is 0 Å². The Hall–Kier alpha value is -0.120. The zero-order valence-corrected chi connectivity index (χ0v) is 13.8. The second-order valence-corrected chi connectivity index (χ2v) is 7.33. The van der Waals surface area contributed by atoms with Crippen molar-refractivity contribution < 1.29 is 4.74 Å². The van der Waals surface area contributed by atoms with Gasteiger partial charge in [0.25, 0.3) is 0 Å². The minimum Gasteiger partial charge on any atom is -0.381 e. The number of hydrogen-bond donors (Lipinski definition) is 1. The third kappa shape index (κ3) is 4.44. The first-order valence-corrected chi connectivity index (χ1v) is 8.68. The van der Waals surface area contributed by atoms with Crippen molar-refractivity contribution in [3.8, 4) is 0 Å². The van der Waals surface area contributed by atoms with Gasteiger partial charge < -0.3 is 10.1 Å². The van der Waals surface area contributed by atoms with Gasteiger partial charge in [0, 0.05) is 31.2 Å². The first-order valence-electron chi connectivity index (χ1n) is 8.68. The van der Waals surface area contributed by atoms with E-state index in [0.29, 0.717) is 5.41 Å². The Morgan fingerprint density at radius 1 is 1.30 bits per heavy atom. The quantitative estimate of drug-likeness (QED) is 0.741. The van der Waals surface area contributed by atoms with Crippen molar-refractivity contribution in [2.24, 2.45) is 11.3 Å². The van der Waals surface area contributed by atoms with Gasteiger partial charge in [-0.1, -0.05) is 33.6 Å². The molecule has 0 aromatic heterocycles. The number of nitrogens with one attached hydrogen (secondary N) is 1. The van der Waals surface area contributed by atoms with Gasteiger partial charge in [0.1, 0.15) is 0 Å². The van der Waals surface area contributed by atoms with Crippen LogP contribution in [-0.4, -0.2) is 50.3 Å². The Balaban J connectivity index is 1.89. The van der Waals surface area contributed by atoms with Crippen molar-refractivity contribution in [3.05, 3.63) is 0 Å². The maximum Gasteiger partial charge on any atom is 0.0547 e. The summed E-state index contributed by atoms with van der Waals surface area (Å²) in [5, 5.41) is 3.68. The predicted octanol–water partition coefficient (Wildman–Crippen LogP) is 2.90. The molecule has 118 valence electrons. The molecule has 0 aromatic rings. The first-order chi connectivity index (χ1) is 9.65. The van der Waals surface area contributed by atoms with Gasteiger partial charge in [-0.25, -0.2) is 0 Å². The molecule has 1 heterocycles. The highest BCUT2D eigenvalue weighted by Gasteiger charge is 2.37. The Morgan fingerprint density at radius 2 is 2.05 bits per heavy atom. The first kappa shape index (κ1) is 16.3. The maximum absolute atomic E-state index is 5.76. The molecule has 1 aliphatic heterocycles. The van der Waals surface area contributed by atoms with Gasteiger partial charge in [-0.05, 0) is 38.3 Å². The van der Waals surface area contributed by atoms with Crippen LogP contribution in [0.25, 0.3) is 0 Å². The van der Waals surface area contributed by atoms with E-state index in [1.54, 1.807) is 0 Å². The predicted molar refractivity (Wildman–Crippen MR) is 85.1 cm³/mol. The largest absolute Gasteiger partial charge is 0.381 e. The van der Waals surface area contributed by atoms with E-state index in [0.717, 1.165) is 38.3 Å². The molecular weight excluding hydrogens is 248 g/mol. The molecule has 0 amide bonds. The van der Waals surface area contributed by atoms with Crippen molar-refractivity contribution in [1.82, 2.24) is 10.2 Å². The van der Waals surface area contributed by atoms with Crippen LogP contribution in [-0.2, 0) is 4.74 Å². The van der Waals surface area contributed by atoms with Gasteiger partial charge in [0.05, 0.1) is 6.61 Å². The van der Waals surface area contributed by atoms with Crippen LogP contribution in [0.4, 0.5) is 0 Å².